The topological polar surface area (TPSA) is 26.7 Å². The van der Waals surface area contributed by atoms with E-state index in [2.05, 4.69) is 27.3 Å². The zero-order valence-electron chi connectivity index (χ0n) is 11.5. The molecule has 1 aromatic rings. The number of piperazine rings is 1. The van der Waals surface area contributed by atoms with E-state index in [9.17, 15) is 5.11 Å². The van der Waals surface area contributed by atoms with E-state index in [1.54, 1.807) is 0 Å². The number of aliphatic hydroxyl groups is 1. The summed E-state index contributed by atoms with van der Waals surface area (Å²) >= 11 is 1.84. The van der Waals surface area contributed by atoms with E-state index in [4.69, 9.17) is 0 Å². The third-order valence-corrected chi connectivity index (χ3v) is 5.49. The number of aliphatic hydroxyl groups excluding tert-OH is 1. The molecule has 2 aliphatic rings. The summed E-state index contributed by atoms with van der Waals surface area (Å²) in [6.45, 7) is 4.87. The number of rotatable bonds is 5. The van der Waals surface area contributed by atoms with Gasteiger partial charge in [-0.1, -0.05) is 12.5 Å². The second-order valence-corrected chi connectivity index (χ2v) is 6.83. The third-order valence-electron chi connectivity index (χ3n) is 4.63. The molecule has 2 fully saturated rings. The molecule has 0 aromatic carbocycles. The minimum Gasteiger partial charge on any atom is -0.396 e. The van der Waals surface area contributed by atoms with Gasteiger partial charge in [-0.25, -0.2) is 0 Å². The van der Waals surface area contributed by atoms with Gasteiger partial charge in [-0.3, -0.25) is 9.80 Å². The molecule has 1 unspecified atom stereocenters. The van der Waals surface area contributed by atoms with Crippen molar-refractivity contribution in [2.24, 2.45) is 0 Å². The molecule has 3 nitrogen and oxygen atoms in total. The predicted molar refractivity (Wildman–Crippen MR) is 79.4 cm³/mol. The summed E-state index contributed by atoms with van der Waals surface area (Å²) in [7, 11) is 0. The molecular weight excluding hydrogens is 256 g/mol. The van der Waals surface area contributed by atoms with Gasteiger partial charge < -0.3 is 5.11 Å². The molecule has 106 valence electrons. The summed E-state index contributed by atoms with van der Waals surface area (Å²) in [5.41, 5.74) is 0. The van der Waals surface area contributed by atoms with E-state index in [0.29, 0.717) is 12.6 Å². The molecule has 1 aliphatic heterocycles. The van der Waals surface area contributed by atoms with Crippen LogP contribution in [0.25, 0.3) is 0 Å². The first-order chi connectivity index (χ1) is 9.36. The van der Waals surface area contributed by atoms with Crippen molar-refractivity contribution >= 4 is 11.3 Å². The molecule has 0 radical (unpaired) electrons. The fourth-order valence-electron chi connectivity index (χ4n) is 3.23. The second kappa shape index (κ2) is 6.35. The fourth-order valence-corrected chi connectivity index (χ4v) is 3.96. The monoisotopic (exact) mass is 280 g/mol. The summed E-state index contributed by atoms with van der Waals surface area (Å²) in [6.07, 6.45) is 5.09. The molecule has 1 saturated carbocycles. The molecule has 1 N–H and O–H groups in total. The van der Waals surface area contributed by atoms with E-state index < -0.39 is 0 Å². The van der Waals surface area contributed by atoms with Gasteiger partial charge in [0.1, 0.15) is 0 Å². The molecule has 0 spiro atoms. The quantitative estimate of drug-likeness (QED) is 0.895. The zero-order chi connectivity index (χ0) is 13.1. The van der Waals surface area contributed by atoms with E-state index in [0.717, 1.165) is 32.1 Å². The first-order valence-corrected chi connectivity index (χ1v) is 8.36. The summed E-state index contributed by atoms with van der Waals surface area (Å²) in [5.74, 6) is 0. The number of thiophene rings is 1. The van der Waals surface area contributed by atoms with Crippen LogP contribution >= 0.6 is 11.3 Å². The SMILES string of the molecule is OCCC1CN(C2CCC2)CCN1Cc1cccs1. The highest BCUT2D eigenvalue weighted by atomic mass is 32.1. The Labute approximate surface area is 119 Å². The van der Waals surface area contributed by atoms with Crippen LogP contribution in [0, 0.1) is 0 Å². The van der Waals surface area contributed by atoms with Crippen molar-refractivity contribution in [2.75, 3.05) is 26.2 Å². The minimum absolute atomic E-state index is 0.310. The van der Waals surface area contributed by atoms with Gasteiger partial charge in [-0.2, -0.15) is 0 Å². The van der Waals surface area contributed by atoms with Gasteiger partial charge in [0.05, 0.1) is 0 Å². The Morgan fingerprint density at radius 1 is 1.32 bits per heavy atom. The van der Waals surface area contributed by atoms with Gasteiger partial charge in [-0.15, -0.1) is 11.3 Å². The molecule has 19 heavy (non-hydrogen) atoms. The van der Waals surface area contributed by atoms with E-state index in [1.165, 1.54) is 30.7 Å². The molecule has 2 heterocycles. The Kier molecular flexibility index (Phi) is 4.53. The van der Waals surface area contributed by atoms with Crippen molar-refractivity contribution in [1.82, 2.24) is 9.80 Å². The fraction of sp³-hybridized carbons (Fsp3) is 0.733. The van der Waals surface area contributed by atoms with Crippen molar-refractivity contribution in [2.45, 2.75) is 44.3 Å². The maximum Gasteiger partial charge on any atom is 0.0446 e. The van der Waals surface area contributed by atoms with Crippen LogP contribution in [0.3, 0.4) is 0 Å². The van der Waals surface area contributed by atoms with E-state index in [1.807, 2.05) is 11.3 Å². The summed E-state index contributed by atoms with van der Waals surface area (Å²) in [6, 6.07) is 5.72. The average Bonchev–Trinajstić information content (AvgIpc) is 2.83. The zero-order valence-corrected chi connectivity index (χ0v) is 12.3. The van der Waals surface area contributed by atoms with Crippen molar-refractivity contribution in [3.63, 3.8) is 0 Å². The molecule has 4 heteroatoms. The van der Waals surface area contributed by atoms with Gasteiger partial charge in [0.15, 0.2) is 0 Å². The number of nitrogens with zero attached hydrogens (tertiary/aromatic N) is 2. The van der Waals surface area contributed by atoms with Crippen LogP contribution in [0.1, 0.15) is 30.6 Å². The predicted octanol–water partition coefficient (Wildman–Crippen LogP) is 2.17. The molecule has 1 aliphatic carbocycles. The first-order valence-electron chi connectivity index (χ1n) is 7.48. The molecule has 0 bridgehead atoms. The highest BCUT2D eigenvalue weighted by Gasteiger charge is 2.32. The maximum atomic E-state index is 9.32. The normalized spacial score (nSPS) is 26.5. The van der Waals surface area contributed by atoms with Gasteiger partial charge in [-0.05, 0) is 30.7 Å². The van der Waals surface area contributed by atoms with Gasteiger partial charge in [0.2, 0.25) is 0 Å². The highest BCUT2D eigenvalue weighted by molar-refractivity contribution is 7.09. The lowest BCUT2D eigenvalue weighted by atomic mass is 9.90. The van der Waals surface area contributed by atoms with Crippen LogP contribution < -0.4 is 0 Å². The van der Waals surface area contributed by atoms with Crippen LogP contribution in [0.4, 0.5) is 0 Å². The lowest BCUT2D eigenvalue weighted by Crippen LogP contribution is -2.56. The lowest BCUT2D eigenvalue weighted by Gasteiger charge is -2.47. The van der Waals surface area contributed by atoms with Crippen LogP contribution in [0.5, 0.6) is 0 Å². The van der Waals surface area contributed by atoms with Crippen LogP contribution in [-0.4, -0.2) is 53.2 Å². The Balaban J connectivity index is 1.60. The Morgan fingerprint density at radius 3 is 2.84 bits per heavy atom. The summed E-state index contributed by atoms with van der Waals surface area (Å²) in [4.78, 5) is 6.67. The van der Waals surface area contributed by atoms with Crippen molar-refractivity contribution in [1.29, 1.82) is 0 Å². The molecule has 0 amide bonds. The Hall–Kier alpha value is -0.420. The molecular formula is C15H24N2OS. The lowest BCUT2D eigenvalue weighted by molar-refractivity contribution is 0.0116. The average molecular weight is 280 g/mol. The van der Waals surface area contributed by atoms with Crippen molar-refractivity contribution < 1.29 is 5.11 Å². The molecule has 3 rings (SSSR count). The third kappa shape index (κ3) is 3.19. The molecule has 1 saturated heterocycles. The largest absolute Gasteiger partial charge is 0.396 e. The number of hydrogen-bond donors (Lipinski definition) is 1. The van der Waals surface area contributed by atoms with Gasteiger partial charge in [0.25, 0.3) is 0 Å². The minimum atomic E-state index is 0.310. The summed E-state index contributed by atoms with van der Waals surface area (Å²) < 4.78 is 0. The Bertz CT molecular complexity index is 378. The van der Waals surface area contributed by atoms with E-state index in [-0.39, 0.29) is 0 Å². The van der Waals surface area contributed by atoms with Crippen LogP contribution in [0.15, 0.2) is 17.5 Å². The number of hydrogen-bond acceptors (Lipinski definition) is 4. The summed E-state index contributed by atoms with van der Waals surface area (Å²) in [5, 5.41) is 11.5. The Morgan fingerprint density at radius 2 is 2.21 bits per heavy atom. The van der Waals surface area contributed by atoms with Gasteiger partial charge in [0, 0.05) is 49.7 Å². The van der Waals surface area contributed by atoms with Crippen LogP contribution in [-0.2, 0) is 6.54 Å². The van der Waals surface area contributed by atoms with Gasteiger partial charge >= 0.3 is 0 Å². The molecule has 1 atom stereocenters. The first kappa shape index (κ1) is 13.6. The van der Waals surface area contributed by atoms with E-state index >= 15 is 0 Å². The molecule has 1 aromatic heterocycles. The standard InChI is InChI=1S/C15H24N2OS/c18-9-6-14-11-16(13-3-1-4-13)7-8-17(14)12-15-5-2-10-19-15/h2,5,10,13-14,18H,1,3-4,6-9,11-12H2. The van der Waals surface area contributed by atoms with Crippen molar-refractivity contribution in [3.05, 3.63) is 22.4 Å². The highest BCUT2D eigenvalue weighted by Crippen LogP contribution is 2.28. The smallest absolute Gasteiger partial charge is 0.0446 e. The van der Waals surface area contributed by atoms with Crippen LogP contribution in [0.2, 0.25) is 0 Å². The second-order valence-electron chi connectivity index (χ2n) is 5.80. The maximum absolute atomic E-state index is 9.32. The van der Waals surface area contributed by atoms with Crippen molar-refractivity contribution in [3.8, 4) is 0 Å².